The van der Waals surface area contributed by atoms with Gasteiger partial charge in [0.15, 0.2) is 6.10 Å². The largest absolute Gasteiger partial charge is 0.497 e. The summed E-state index contributed by atoms with van der Waals surface area (Å²) in [5.74, 6) is 0.824. The minimum Gasteiger partial charge on any atom is -0.497 e. The van der Waals surface area contributed by atoms with E-state index in [4.69, 9.17) is 9.47 Å². The average molecular weight is 446 g/mol. The predicted molar refractivity (Wildman–Crippen MR) is 125 cm³/mol. The second kappa shape index (κ2) is 10.2. The molecule has 3 aromatic rings. The lowest BCUT2D eigenvalue weighted by molar-refractivity contribution is -0.147. The van der Waals surface area contributed by atoms with Crippen LogP contribution in [0, 0.1) is 0 Å². The molecule has 2 amide bonds. The summed E-state index contributed by atoms with van der Waals surface area (Å²) in [4.78, 5) is 31.6. The van der Waals surface area contributed by atoms with Gasteiger partial charge in [0.1, 0.15) is 17.5 Å². The third-order valence-corrected chi connectivity index (χ3v) is 5.71. The van der Waals surface area contributed by atoms with E-state index in [-0.39, 0.29) is 11.8 Å². The maximum Gasteiger partial charge on any atom is 0.264 e. The van der Waals surface area contributed by atoms with Crippen LogP contribution in [0.4, 0.5) is 0 Å². The van der Waals surface area contributed by atoms with Crippen LogP contribution in [0.5, 0.6) is 11.5 Å². The van der Waals surface area contributed by atoms with Gasteiger partial charge in [-0.15, -0.1) is 0 Å². The first-order chi connectivity index (χ1) is 16.0. The van der Waals surface area contributed by atoms with Crippen molar-refractivity contribution in [2.75, 3.05) is 20.2 Å². The zero-order valence-electron chi connectivity index (χ0n) is 18.7. The lowest BCUT2D eigenvalue weighted by atomic mass is 9.99. The first-order valence-electron chi connectivity index (χ1n) is 10.9. The van der Waals surface area contributed by atoms with Gasteiger partial charge < -0.3 is 19.7 Å². The van der Waals surface area contributed by atoms with Gasteiger partial charge in [-0.3, -0.25) is 14.6 Å². The van der Waals surface area contributed by atoms with Crippen molar-refractivity contribution in [2.24, 2.45) is 0 Å². The van der Waals surface area contributed by atoms with Crippen LogP contribution in [0.3, 0.4) is 0 Å². The highest BCUT2D eigenvalue weighted by Gasteiger charge is 2.35. The second-order valence-electron chi connectivity index (χ2n) is 7.91. The van der Waals surface area contributed by atoms with Crippen LogP contribution in [-0.2, 0) is 16.0 Å². The fourth-order valence-electron chi connectivity index (χ4n) is 3.94. The summed E-state index contributed by atoms with van der Waals surface area (Å²) < 4.78 is 11.1. The zero-order chi connectivity index (χ0) is 23.2. The van der Waals surface area contributed by atoms with E-state index in [9.17, 15) is 9.59 Å². The van der Waals surface area contributed by atoms with Crippen molar-refractivity contribution in [3.05, 3.63) is 78.6 Å². The fourth-order valence-corrected chi connectivity index (χ4v) is 3.94. The Morgan fingerprint density at radius 2 is 1.79 bits per heavy atom. The highest BCUT2D eigenvalue weighted by Crippen LogP contribution is 2.23. The summed E-state index contributed by atoms with van der Waals surface area (Å²) >= 11 is 0. The molecule has 1 aliphatic heterocycles. The Morgan fingerprint density at radius 1 is 1.09 bits per heavy atom. The highest BCUT2D eigenvalue weighted by atomic mass is 16.5. The van der Waals surface area contributed by atoms with Crippen molar-refractivity contribution in [1.29, 1.82) is 0 Å². The number of amides is 2. The molecule has 7 heteroatoms. The highest BCUT2D eigenvalue weighted by molar-refractivity contribution is 5.90. The number of rotatable bonds is 7. The number of carbonyl (C=O) groups excluding carboxylic acids is 2. The normalized spacial score (nSPS) is 16.6. The molecule has 2 heterocycles. The van der Waals surface area contributed by atoms with E-state index in [1.165, 1.54) is 0 Å². The molecule has 33 heavy (non-hydrogen) atoms. The molecule has 2 unspecified atom stereocenters. The third kappa shape index (κ3) is 5.31. The van der Waals surface area contributed by atoms with Crippen LogP contribution in [0.25, 0.3) is 11.1 Å². The standard InChI is InChI=1S/C26H27N3O4/c1-18(33-23-5-3-4-22(17-23)32-2)26(31)29-15-14-28-25(30)24(29)16-19-6-8-20(9-7-19)21-10-12-27-13-11-21/h3-13,17-18,24H,14-16H2,1-2H3,(H,28,30). The number of pyridine rings is 1. The van der Waals surface area contributed by atoms with Crippen LogP contribution in [0.2, 0.25) is 0 Å². The minimum atomic E-state index is -0.737. The Morgan fingerprint density at radius 3 is 2.52 bits per heavy atom. The van der Waals surface area contributed by atoms with Gasteiger partial charge in [-0.1, -0.05) is 30.3 Å². The number of hydrogen-bond acceptors (Lipinski definition) is 5. The van der Waals surface area contributed by atoms with E-state index in [0.717, 1.165) is 16.7 Å². The van der Waals surface area contributed by atoms with Gasteiger partial charge in [0.25, 0.3) is 5.91 Å². The summed E-state index contributed by atoms with van der Waals surface area (Å²) in [5, 5.41) is 2.88. The van der Waals surface area contributed by atoms with Gasteiger partial charge in [0.2, 0.25) is 5.91 Å². The lowest BCUT2D eigenvalue weighted by Crippen LogP contribution is -2.60. The van der Waals surface area contributed by atoms with Crippen LogP contribution in [0.1, 0.15) is 12.5 Å². The molecule has 4 rings (SSSR count). The topological polar surface area (TPSA) is 80.8 Å². The van der Waals surface area contributed by atoms with Crippen LogP contribution in [0.15, 0.2) is 73.1 Å². The van der Waals surface area contributed by atoms with Crippen molar-refractivity contribution in [2.45, 2.75) is 25.5 Å². The molecule has 1 fully saturated rings. The van der Waals surface area contributed by atoms with Crippen LogP contribution < -0.4 is 14.8 Å². The van der Waals surface area contributed by atoms with Gasteiger partial charge in [-0.2, -0.15) is 0 Å². The van der Waals surface area contributed by atoms with Crippen LogP contribution >= 0.6 is 0 Å². The average Bonchev–Trinajstić information content (AvgIpc) is 2.86. The number of piperazine rings is 1. The van der Waals surface area contributed by atoms with E-state index in [0.29, 0.717) is 31.0 Å². The second-order valence-corrected chi connectivity index (χ2v) is 7.91. The Balaban J connectivity index is 1.46. The molecule has 1 aromatic heterocycles. The molecule has 7 nitrogen and oxygen atoms in total. The Bertz CT molecular complexity index is 1100. The molecule has 0 aliphatic carbocycles. The summed E-state index contributed by atoms with van der Waals surface area (Å²) in [6.45, 7) is 2.57. The SMILES string of the molecule is COc1cccc(OC(C)C(=O)N2CCNC(=O)C2Cc2ccc(-c3ccncc3)cc2)c1. The zero-order valence-corrected chi connectivity index (χ0v) is 18.7. The molecule has 0 bridgehead atoms. The number of nitrogens with zero attached hydrogens (tertiary/aromatic N) is 2. The van der Waals surface area contributed by atoms with Gasteiger partial charge in [0, 0.05) is 38.0 Å². The molecule has 0 spiro atoms. The maximum atomic E-state index is 13.2. The molecule has 0 saturated carbocycles. The smallest absolute Gasteiger partial charge is 0.264 e. The number of benzene rings is 2. The molecule has 2 aromatic carbocycles. The third-order valence-electron chi connectivity index (χ3n) is 5.71. The van der Waals surface area contributed by atoms with E-state index >= 15 is 0 Å². The van der Waals surface area contributed by atoms with Crippen molar-refractivity contribution >= 4 is 11.8 Å². The van der Waals surface area contributed by atoms with E-state index in [1.54, 1.807) is 49.5 Å². The Hall–Kier alpha value is -3.87. The van der Waals surface area contributed by atoms with Gasteiger partial charge in [-0.25, -0.2) is 0 Å². The first kappa shape index (κ1) is 22.3. The van der Waals surface area contributed by atoms with Gasteiger partial charge in [-0.05, 0) is 47.9 Å². The minimum absolute atomic E-state index is 0.151. The predicted octanol–water partition coefficient (Wildman–Crippen LogP) is 3.09. The lowest BCUT2D eigenvalue weighted by Gasteiger charge is -2.36. The van der Waals surface area contributed by atoms with E-state index < -0.39 is 12.1 Å². The molecule has 1 saturated heterocycles. The van der Waals surface area contributed by atoms with E-state index in [2.05, 4.69) is 10.3 Å². The molecular formula is C26H27N3O4. The fraction of sp³-hybridized carbons (Fsp3) is 0.269. The molecule has 170 valence electrons. The first-order valence-corrected chi connectivity index (χ1v) is 10.9. The molecular weight excluding hydrogens is 418 g/mol. The molecule has 1 N–H and O–H groups in total. The number of aromatic nitrogens is 1. The molecule has 1 aliphatic rings. The maximum absolute atomic E-state index is 13.2. The number of methoxy groups -OCH3 is 1. The van der Waals surface area contributed by atoms with Crippen molar-refractivity contribution in [3.8, 4) is 22.6 Å². The van der Waals surface area contributed by atoms with Crippen LogP contribution in [-0.4, -0.2) is 54.0 Å². The Labute approximate surface area is 193 Å². The van der Waals surface area contributed by atoms with Crippen molar-refractivity contribution < 1.29 is 19.1 Å². The number of hydrogen-bond donors (Lipinski definition) is 1. The number of nitrogens with one attached hydrogen (secondary N) is 1. The van der Waals surface area contributed by atoms with Gasteiger partial charge in [0.05, 0.1) is 7.11 Å². The summed E-state index contributed by atoms with van der Waals surface area (Å²) in [5.41, 5.74) is 3.13. The quantitative estimate of drug-likeness (QED) is 0.605. The summed E-state index contributed by atoms with van der Waals surface area (Å²) in [6, 6.07) is 18.5. The summed E-state index contributed by atoms with van der Waals surface area (Å²) in [7, 11) is 1.58. The monoisotopic (exact) mass is 445 g/mol. The van der Waals surface area contributed by atoms with Gasteiger partial charge >= 0.3 is 0 Å². The number of carbonyl (C=O) groups is 2. The van der Waals surface area contributed by atoms with Crippen molar-refractivity contribution in [3.63, 3.8) is 0 Å². The van der Waals surface area contributed by atoms with E-state index in [1.807, 2.05) is 42.5 Å². The molecule has 2 atom stereocenters. The van der Waals surface area contributed by atoms with Crippen molar-refractivity contribution in [1.82, 2.24) is 15.2 Å². The Kier molecular flexibility index (Phi) is 6.88. The summed E-state index contributed by atoms with van der Waals surface area (Å²) in [6.07, 6.45) is 3.21. The molecule has 0 radical (unpaired) electrons. The number of ether oxygens (including phenoxy) is 2.